The minimum atomic E-state index is -0.709. The highest BCUT2D eigenvalue weighted by Crippen LogP contribution is 2.14. The summed E-state index contributed by atoms with van der Waals surface area (Å²) in [5.74, 6) is -1.24. The zero-order valence-electron chi connectivity index (χ0n) is 11.5. The Bertz CT molecular complexity index is 722. The van der Waals surface area contributed by atoms with Gasteiger partial charge in [0.15, 0.2) is 0 Å². The fourth-order valence-corrected chi connectivity index (χ4v) is 1.97. The van der Waals surface area contributed by atoms with E-state index in [9.17, 15) is 14.0 Å². The van der Waals surface area contributed by atoms with Crippen LogP contribution < -0.4 is 10.4 Å². The van der Waals surface area contributed by atoms with Crippen LogP contribution in [0.15, 0.2) is 29.2 Å². The molecule has 1 aromatic heterocycles. The first-order valence-electron chi connectivity index (χ1n) is 6.15. The lowest BCUT2D eigenvalue weighted by Crippen LogP contribution is -2.30. The molecule has 1 aromatic carbocycles. The van der Waals surface area contributed by atoms with E-state index in [1.807, 2.05) is 0 Å². The van der Waals surface area contributed by atoms with E-state index >= 15 is 0 Å². The van der Waals surface area contributed by atoms with Gasteiger partial charge in [0.05, 0.1) is 17.5 Å². The zero-order chi connectivity index (χ0) is 14.9. The molecule has 0 saturated heterocycles. The molecule has 5 nitrogen and oxygen atoms in total. The Labute approximate surface area is 115 Å². The van der Waals surface area contributed by atoms with Crippen molar-refractivity contribution in [2.24, 2.45) is 0 Å². The van der Waals surface area contributed by atoms with Crippen LogP contribution >= 0.6 is 0 Å². The van der Waals surface area contributed by atoms with Crippen LogP contribution in [0.1, 0.15) is 17.3 Å². The van der Waals surface area contributed by atoms with Gasteiger partial charge in [-0.25, -0.2) is 9.18 Å². The fraction of sp³-hybridized carbons (Fsp3) is 0.286. The molecule has 2 rings (SSSR count). The van der Waals surface area contributed by atoms with Crippen LogP contribution in [0.5, 0.6) is 0 Å². The van der Waals surface area contributed by atoms with Gasteiger partial charge >= 0.3 is 5.97 Å². The molecule has 0 bridgehead atoms. The molecule has 0 aliphatic heterocycles. The molecule has 0 atom stereocenters. The number of aromatic nitrogens is 1. The Morgan fingerprint density at radius 1 is 1.40 bits per heavy atom. The first-order valence-corrected chi connectivity index (χ1v) is 6.15. The van der Waals surface area contributed by atoms with Crippen molar-refractivity contribution in [3.8, 4) is 0 Å². The van der Waals surface area contributed by atoms with E-state index in [1.165, 1.54) is 18.3 Å². The second-order valence-corrected chi connectivity index (χ2v) is 4.45. The predicted molar refractivity (Wildman–Crippen MR) is 74.2 cm³/mol. The van der Waals surface area contributed by atoms with E-state index in [0.717, 1.165) is 6.07 Å². The van der Waals surface area contributed by atoms with Gasteiger partial charge in [-0.15, -0.1) is 0 Å². The lowest BCUT2D eigenvalue weighted by atomic mass is 10.1. The number of carbonyl (C=O) groups is 1. The number of fused-ring (bicyclic) bond motifs is 1. The summed E-state index contributed by atoms with van der Waals surface area (Å²) < 4.78 is 19.8. The quantitative estimate of drug-likeness (QED) is 0.799. The van der Waals surface area contributed by atoms with Crippen LogP contribution in [-0.4, -0.2) is 31.3 Å². The summed E-state index contributed by atoms with van der Waals surface area (Å²) in [6.07, 6.45) is 1.40. The summed E-state index contributed by atoms with van der Waals surface area (Å²) >= 11 is 0. The molecule has 1 heterocycles. The van der Waals surface area contributed by atoms with Crippen molar-refractivity contribution >= 4 is 16.9 Å². The monoisotopic (exact) mass is 278 g/mol. The molecule has 0 fully saturated rings. The number of esters is 1. The van der Waals surface area contributed by atoms with Crippen LogP contribution in [0.4, 0.5) is 4.39 Å². The Hall–Kier alpha value is -2.37. The van der Waals surface area contributed by atoms with Crippen molar-refractivity contribution in [2.75, 3.05) is 25.7 Å². The largest absolute Gasteiger partial charge is 0.462 e. The average Bonchev–Trinajstić information content (AvgIpc) is 2.39. The smallest absolute Gasteiger partial charge is 0.343 e. The maximum Gasteiger partial charge on any atom is 0.343 e. The molecular weight excluding hydrogens is 263 g/mol. The van der Waals surface area contributed by atoms with E-state index in [0.29, 0.717) is 5.52 Å². The van der Waals surface area contributed by atoms with Gasteiger partial charge < -0.3 is 9.75 Å². The molecular formula is C14H15FN2O3. The lowest BCUT2D eigenvalue weighted by molar-refractivity contribution is 0.0524. The van der Waals surface area contributed by atoms with Gasteiger partial charge in [0.25, 0.3) is 0 Å². The number of nitrogens with zero attached hydrogens (tertiary/aromatic N) is 2. The standard InChI is InChI=1S/C14H15FN2O3/c1-4-20-14(19)11-8-17(16(2)3)12-6-5-9(15)7-10(12)13(11)18/h5-8H,4H2,1-3H3. The average molecular weight is 278 g/mol. The van der Waals surface area contributed by atoms with Crippen LogP contribution in [-0.2, 0) is 4.74 Å². The van der Waals surface area contributed by atoms with Crippen molar-refractivity contribution in [3.05, 3.63) is 46.0 Å². The van der Waals surface area contributed by atoms with E-state index in [1.54, 1.807) is 30.7 Å². The SMILES string of the molecule is CCOC(=O)c1cn(N(C)C)c2ccc(F)cc2c1=O. The first-order chi connectivity index (χ1) is 9.45. The van der Waals surface area contributed by atoms with Gasteiger partial charge in [0, 0.05) is 20.3 Å². The van der Waals surface area contributed by atoms with E-state index in [4.69, 9.17) is 4.74 Å². The van der Waals surface area contributed by atoms with Crippen LogP contribution in [0.3, 0.4) is 0 Å². The maximum absolute atomic E-state index is 13.4. The Kier molecular flexibility index (Phi) is 3.74. The van der Waals surface area contributed by atoms with E-state index in [2.05, 4.69) is 0 Å². The van der Waals surface area contributed by atoms with Crippen molar-refractivity contribution in [1.29, 1.82) is 0 Å². The summed E-state index contributed by atoms with van der Waals surface area (Å²) in [5, 5.41) is 1.83. The topological polar surface area (TPSA) is 51.5 Å². The number of pyridine rings is 1. The van der Waals surface area contributed by atoms with Gasteiger partial charge in [0.1, 0.15) is 11.4 Å². The number of hydrogen-bond donors (Lipinski definition) is 0. The lowest BCUT2D eigenvalue weighted by Gasteiger charge is -2.20. The summed E-state index contributed by atoms with van der Waals surface area (Å²) in [5.41, 5.74) is -0.121. The molecule has 0 amide bonds. The second kappa shape index (κ2) is 5.32. The van der Waals surface area contributed by atoms with Gasteiger partial charge in [-0.2, -0.15) is 0 Å². The summed E-state index contributed by atoms with van der Waals surface area (Å²) in [7, 11) is 3.50. The third-order valence-corrected chi connectivity index (χ3v) is 2.87. The molecule has 20 heavy (non-hydrogen) atoms. The number of carbonyl (C=O) groups excluding carboxylic acids is 1. The molecule has 0 aliphatic rings. The van der Waals surface area contributed by atoms with Crippen LogP contribution in [0, 0.1) is 5.82 Å². The van der Waals surface area contributed by atoms with Crippen molar-refractivity contribution in [1.82, 2.24) is 4.68 Å². The molecule has 0 unspecified atom stereocenters. The summed E-state index contributed by atoms with van der Waals surface area (Å²) in [4.78, 5) is 24.1. The van der Waals surface area contributed by atoms with Gasteiger partial charge in [-0.05, 0) is 25.1 Å². The molecule has 106 valence electrons. The van der Waals surface area contributed by atoms with Crippen molar-refractivity contribution in [3.63, 3.8) is 0 Å². The third kappa shape index (κ3) is 2.36. The van der Waals surface area contributed by atoms with Gasteiger partial charge in [-0.1, -0.05) is 0 Å². The van der Waals surface area contributed by atoms with Crippen LogP contribution in [0.2, 0.25) is 0 Å². The van der Waals surface area contributed by atoms with Crippen molar-refractivity contribution in [2.45, 2.75) is 6.92 Å². The van der Waals surface area contributed by atoms with Crippen LogP contribution in [0.25, 0.3) is 10.9 Å². The molecule has 0 N–H and O–H groups in total. The fourth-order valence-electron chi connectivity index (χ4n) is 1.97. The third-order valence-electron chi connectivity index (χ3n) is 2.87. The summed E-state index contributed by atoms with van der Waals surface area (Å²) in [6, 6.07) is 3.90. The molecule has 0 aliphatic carbocycles. The van der Waals surface area contributed by atoms with E-state index in [-0.39, 0.29) is 17.6 Å². The minimum Gasteiger partial charge on any atom is -0.462 e. The Morgan fingerprint density at radius 2 is 2.10 bits per heavy atom. The molecule has 6 heteroatoms. The number of ether oxygens (including phenoxy) is 1. The van der Waals surface area contributed by atoms with Crippen molar-refractivity contribution < 1.29 is 13.9 Å². The molecule has 0 radical (unpaired) electrons. The minimum absolute atomic E-state index is 0.112. The highest BCUT2D eigenvalue weighted by molar-refractivity contribution is 5.93. The van der Waals surface area contributed by atoms with E-state index < -0.39 is 17.2 Å². The molecule has 0 spiro atoms. The molecule has 0 saturated carbocycles. The molecule has 2 aromatic rings. The number of benzene rings is 1. The highest BCUT2D eigenvalue weighted by Gasteiger charge is 2.17. The number of rotatable bonds is 3. The normalized spacial score (nSPS) is 10.6. The highest BCUT2D eigenvalue weighted by atomic mass is 19.1. The zero-order valence-corrected chi connectivity index (χ0v) is 11.5. The second-order valence-electron chi connectivity index (χ2n) is 4.45. The van der Waals surface area contributed by atoms with Gasteiger partial charge in [-0.3, -0.25) is 9.47 Å². The van der Waals surface area contributed by atoms with Gasteiger partial charge in [0.2, 0.25) is 5.43 Å². The Balaban J connectivity index is 2.81. The summed E-state index contributed by atoms with van der Waals surface area (Å²) in [6.45, 7) is 1.82. The predicted octanol–water partition coefficient (Wildman–Crippen LogP) is 1.51. The Morgan fingerprint density at radius 3 is 2.70 bits per heavy atom. The number of halogens is 1. The number of hydrogen-bond acceptors (Lipinski definition) is 4. The maximum atomic E-state index is 13.4. The first kappa shape index (κ1) is 14.0.